The minimum atomic E-state index is -4.03. The van der Waals surface area contributed by atoms with Gasteiger partial charge in [0.1, 0.15) is 25.5 Å². The van der Waals surface area contributed by atoms with Gasteiger partial charge in [-0.3, -0.25) is 4.31 Å². The zero-order valence-corrected chi connectivity index (χ0v) is 19.1. The molecule has 3 aromatic carbocycles. The number of fused-ring (bicyclic) bond motifs is 1. The van der Waals surface area contributed by atoms with Gasteiger partial charge in [0.05, 0.1) is 17.7 Å². The number of anilines is 1. The standard InChI is InChI=1S/C24H21N3O6S/c1-30-19-9-7-18(8-10-19)27(16-23-25-26-24(33-23)17-5-3-2-4-6-17)34(28,29)20-11-12-21-22(15-20)32-14-13-31-21/h2-12,15H,13-14,16H2,1H3. The lowest BCUT2D eigenvalue weighted by Gasteiger charge is -2.24. The van der Waals surface area contributed by atoms with Crippen LogP contribution in [0, 0.1) is 0 Å². The van der Waals surface area contributed by atoms with Crippen molar-refractivity contribution in [3.63, 3.8) is 0 Å². The number of hydrogen-bond donors (Lipinski definition) is 0. The molecular weight excluding hydrogens is 458 g/mol. The third kappa shape index (κ3) is 4.27. The first-order valence-corrected chi connectivity index (χ1v) is 11.9. The fourth-order valence-corrected chi connectivity index (χ4v) is 4.94. The number of ether oxygens (including phenoxy) is 3. The molecule has 10 heteroatoms. The smallest absolute Gasteiger partial charge is 0.264 e. The molecule has 0 unspecified atom stereocenters. The summed E-state index contributed by atoms with van der Waals surface area (Å²) in [6.45, 7) is 0.601. The summed E-state index contributed by atoms with van der Waals surface area (Å²) < 4.78 is 50.8. The molecule has 0 aliphatic carbocycles. The molecule has 1 aliphatic rings. The van der Waals surface area contributed by atoms with Crippen molar-refractivity contribution in [3.05, 3.63) is 78.7 Å². The molecule has 0 fully saturated rings. The van der Waals surface area contributed by atoms with Crippen LogP contribution in [-0.4, -0.2) is 38.9 Å². The van der Waals surface area contributed by atoms with Gasteiger partial charge in [0.25, 0.3) is 10.0 Å². The molecule has 0 spiro atoms. The highest BCUT2D eigenvalue weighted by molar-refractivity contribution is 7.92. The Bertz CT molecular complexity index is 1390. The Morgan fingerprint density at radius 2 is 1.65 bits per heavy atom. The maximum Gasteiger partial charge on any atom is 0.264 e. The fraction of sp³-hybridized carbons (Fsp3) is 0.167. The summed E-state index contributed by atoms with van der Waals surface area (Å²) in [5.41, 5.74) is 1.15. The van der Waals surface area contributed by atoms with Gasteiger partial charge in [-0.1, -0.05) is 18.2 Å². The first kappa shape index (κ1) is 21.8. The van der Waals surface area contributed by atoms with E-state index in [4.69, 9.17) is 18.6 Å². The van der Waals surface area contributed by atoms with E-state index in [2.05, 4.69) is 10.2 Å². The minimum Gasteiger partial charge on any atom is -0.497 e. The van der Waals surface area contributed by atoms with Gasteiger partial charge >= 0.3 is 0 Å². The lowest BCUT2D eigenvalue weighted by molar-refractivity contribution is 0.171. The van der Waals surface area contributed by atoms with E-state index >= 15 is 0 Å². The van der Waals surface area contributed by atoms with Crippen molar-refractivity contribution in [3.8, 4) is 28.7 Å². The second-order valence-electron chi connectivity index (χ2n) is 7.38. The third-order valence-corrected chi connectivity index (χ3v) is 7.00. The van der Waals surface area contributed by atoms with Crippen molar-refractivity contribution in [1.82, 2.24) is 10.2 Å². The zero-order chi connectivity index (χ0) is 23.5. The van der Waals surface area contributed by atoms with Gasteiger partial charge in [-0.15, -0.1) is 10.2 Å². The van der Waals surface area contributed by atoms with Gasteiger partial charge in [-0.2, -0.15) is 0 Å². The van der Waals surface area contributed by atoms with Crippen LogP contribution in [0.1, 0.15) is 5.89 Å². The molecule has 0 N–H and O–H groups in total. The molecule has 5 rings (SSSR count). The van der Waals surface area contributed by atoms with Crippen LogP contribution in [0.25, 0.3) is 11.5 Å². The molecule has 0 saturated carbocycles. The first-order chi connectivity index (χ1) is 16.5. The second kappa shape index (κ2) is 9.06. The quantitative estimate of drug-likeness (QED) is 0.393. The van der Waals surface area contributed by atoms with Crippen LogP contribution in [0.4, 0.5) is 5.69 Å². The lowest BCUT2D eigenvalue weighted by Crippen LogP contribution is -2.31. The van der Waals surface area contributed by atoms with Gasteiger partial charge in [0.15, 0.2) is 11.5 Å². The van der Waals surface area contributed by atoms with E-state index in [0.717, 1.165) is 5.56 Å². The molecule has 9 nitrogen and oxygen atoms in total. The zero-order valence-electron chi connectivity index (χ0n) is 18.2. The number of benzene rings is 3. The largest absolute Gasteiger partial charge is 0.497 e. The van der Waals surface area contributed by atoms with E-state index in [1.807, 2.05) is 30.3 Å². The van der Waals surface area contributed by atoms with Gasteiger partial charge in [0, 0.05) is 11.6 Å². The predicted molar refractivity (Wildman–Crippen MR) is 124 cm³/mol. The Morgan fingerprint density at radius 3 is 2.38 bits per heavy atom. The van der Waals surface area contributed by atoms with E-state index in [9.17, 15) is 8.42 Å². The van der Waals surface area contributed by atoms with E-state index in [1.54, 1.807) is 37.4 Å². The van der Waals surface area contributed by atoms with E-state index < -0.39 is 10.0 Å². The second-order valence-corrected chi connectivity index (χ2v) is 9.24. The summed E-state index contributed by atoms with van der Waals surface area (Å²) in [6, 6.07) is 20.5. The number of rotatable bonds is 7. The number of sulfonamides is 1. The van der Waals surface area contributed by atoms with Gasteiger partial charge in [0.2, 0.25) is 11.8 Å². The maximum atomic E-state index is 13.8. The van der Waals surface area contributed by atoms with E-state index in [1.165, 1.54) is 16.4 Å². The molecule has 2 heterocycles. The van der Waals surface area contributed by atoms with Crippen molar-refractivity contribution >= 4 is 15.7 Å². The Hall–Kier alpha value is -4.05. The summed E-state index contributed by atoms with van der Waals surface area (Å²) >= 11 is 0. The molecular formula is C24H21N3O6S. The molecule has 0 atom stereocenters. The summed E-state index contributed by atoms with van der Waals surface area (Å²) in [5, 5.41) is 8.16. The fourth-order valence-electron chi connectivity index (χ4n) is 3.51. The molecule has 4 aromatic rings. The van der Waals surface area contributed by atoms with E-state index in [0.29, 0.717) is 42.0 Å². The Kier molecular flexibility index (Phi) is 5.81. The van der Waals surface area contributed by atoms with Gasteiger partial charge < -0.3 is 18.6 Å². The molecule has 1 aliphatic heterocycles. The SMILES string of the molecule is COc1ccc(N(Cc2nnc(-c3ccccc3)o2)S(=O)(=O)c2ccc3c(c2)OCCO3)cc1. The van der Waals surface area contributed by atoms with Crippen molar-refractivity contribution in [2.24, 2.45) is 0 Å². The van der Waals surface area contributed by atoms with Gasteiger partial charge in [-0.25, -0.2) is 8.42 Å². The van der Waals surface area contributed by atoms with E-state index in [-0.39, 0.29) is 17.3 Å². The number of hydrogen-bond acceptors (Lipinski definition) is 8. The third-order valence-electron chi connectivity index (χ3n) is 5.23. The Morgan fingerprint density at radius 1 is 0.912 bits per heavy atom. The summed E-state index contributed by atoms with van der Waals surface area (Å²) in [7, 11) is -2.49. The highest BCUT2D eigenvalue weighted by Gasteiger charge is 2.29. The predicted octanol–water partition coefficient (Wildman–Crippen LogP) is 3.91. The Balaban J connectivity index is 1.52. The average Bonchev–Trinajstić information content (AvgIpc) is 3.36. The Labute approximate surface area is 196 Å². The molecule has 1 aromatic heterocycles. The van der Waals surface area contributed by atoms with Crippen LogP contribution < -0.4 is 18.5 Å². The van der Waals surface area contributed by atoms with Crippen molar-refractivity contribution in [2.45, 2.75) is 11.4 Å². The van der Waals surface area contributed by atoms with Crippen LogP contribution in [0.15, 0.2) is 82.1 Å². The molecule has 0 saturated heterocycles. The molecule has 0 amide bonds. The van der Waals surface area contributed by atoms with Crippen LogP contribution in [0.2, 0.25) is 0 Å². The highest BCUT2D eigenvalue weighted by Crippen LogP contribution is 2.35. The van der Waals surface area contributed by atoms with Crippen LogP contribution in [0.3, 0.4) is 0 Å². The first-order valence-electron chi connectivity index (χ1n) is 10.5. The topological polar surface area (TPSA) is 104 Å². The molecule has 0 bridgehead atoms. The number of aromatic nitrogens is 2. The van der Waals surface area contributed by atoms with Gasteiger partial charge in [-0.05, 0) is 48.5 Å². The molecule has 174 valence electrons. The maximum absolute atomic E-state index is 13.8. The number of nitrogens with zero attached hydrogens (tertiary/aromatic N) is 3. The van der Waals surface area contributed by atoms with Crippen LogP contribution >= 0.6 is 0 Å². The monoisotopic (exact) mass is 479 g/mol. The lowest BCUT2D eigenvalue weighted by atomic mass is 10.2. The van der Waals surface area contributed by atoms with Crippen LogP contribution in [0.5, 0.6) is 17.2 Å². The van der Waals surface area contributed by atoms with Crippen molar-refractivity contribution in [1.29, 1.82) is 0 Å². The molecule has 34 heavy (non-hydrogen) atoms. The highest BCUT2D eigenvalue weighted by atomic mass is 32.2. The van der Waals surface area contributed by atoms with Crippen molar-refractivity contribution in [2.75, 3.05) is 24.6 Å². The van der Waals surface area contributed by atoms with Crippen molar-refractivity contribution < 1.29 is 27.0 Å². The minimum absolute atomic E-state index is 0.0513. The summed E-state index contributed by atoms with van der Waals surface area (Å²) in [4.78, 5) is 0.0513. The normalized spacial score (nSPS) is 12.9. The summed E-state index contributed by atoms with van der Waals surface area (Å²) in [6.07, 6.45) is 0. The summed E-state index contributed by atoms with van der Waals surface area (Å²) in [5.74, 6) is 1.94. The average molecular weight is 480 g/mol. The molecule has 0 radical (unpaired) electrons. The van der Waals surface area contributed by atoms with Crippen LogP contribution in [-0.2, 0) is 16.6 Å². The number of methoxy groups -OCH3 is 1.